The van der Waals surface area contributed by atoms with Crippen LogP contribution in [0.5, 0.6) is 11.5 Å². The number of aryl methyl sites for hydroxylation is 1. The number of fused-ring (bicyclic) bond motifs is 1. The normalized spacial score (nSPS) is 14.9. The first kappa shape index (κ1) is 14.1. The van der Waals surface area contributed by atoms with E-state index in [1.165, 1.54) is 0 Å². The van der Waals surface area contributed by atoms with Crippen LogP contribution in [-0.4, -0.2) is 30.9 Å². The standard InChI is InChI=1S/C13H15BrO5/c1-3-17-13(16)11(15)9-7(2)6-8-12(10(9)14)19-5-4-18-8/h6,11,15H,3-5H2,1-2H3. The second-order valence-corrected chi connectivity index (χ2v) is 4.89. The Morgan fingerprint density at radius 2 is 2.21 bits per heavy atom. The van der Waals surface area contributed by atoms with Gasteiger partial charge in [0.25, 0.3) is 0 Å². The van der Waals surface area contributed by atoms with Crippen molar-refractivity contribution in [1.82, 2.24) is 0 Å². The zero-order valence-corrected chi connectivity index (χ0v) is 12.3. The number of halogens is 1. The molecule has 0 fully saturated rings. The van der Waals surface area contributed by atoms with E-state index < -0.39 is 12.1 Å². The van der Waals surface area contributed by atoms with Crippen LogP contribution in [0.15, 0.2) is 10.5 Å². The molecule has 0 spiro atoms. The maximum Gasteiger partial charge on any atom is 0.339 e. The fourth-order valence-electron chi connectivity index (χ4n) is 1.96. The molecule has 0 amide bonds. The van der Waals surface area contributed by atoms with Crippen LogP contribution < -0.4 is 9.47 Å². The Morgan fingerprint density at radius 1 is 1.53 bits per heavy atom. The van der Waals surface area contributed by atoms with Gasteiger partial charge >= 0.3 is 5.97 Å². The van der Waals surface area contributed by atoms with Crippen LogP contribution in [0.25, 0.3) is 0 Å². The average Bonchev–Trinajstić information content (AvgIpc) is 2.38. The van der Waals surface area contributed by atoms with E-state index >= 15 is 0 Å². The molecule has 19 heavy (non-hydrogen) atoms. The van der Waals surface area contributed by atoms with Gasteiger partial charge in [0.1, 0.15) is 13.2 Å². The van der Waals surface area contributed by atoms with Crippen LogP contribution in [-0.2, 0) is 9.53 Å². The van der Waals surface area contributed by atoms with Crippen LogP contribution in [0.2, 0.25) is 0 Å². The van der Waals surface area contributed by atoms with Crippen molar-refractivity contribution < 1.29 is 24.1 Å². The van der Waals surface area contributed by atoms with Gasteiger partial charge in [0, 0.05) is 5.56 Å². The first-order valence-electron chi connectivity index (χ1n) is 5.99. The van der Waals surface area contributed by atoms with Crippen LogP contribution in [0.4, 0.5) is 0 Å². The van der Waals surface area contributed by atoms with E-state index in [0.29, 0.717) is 34.7 Å². The number of carbonyl (C=O) groups excluding carboxylic acids is 1. The van der Waals surface area contributed by atoms with E-state index in [-0.39, 0.29) is 6.61 Å². The highest BCUT2D eigenvalue weighted by molar-refractivity contribution is 9.10. The molecular formula is C13H15BrO5. The number of aliphatic hydroxyl groups excluding tert-OH is 1. The molecule has 1 heterocycles. The smallest absolute Gasteiger partial charge is 0.339 e. The third kappa shape index (κ3) is 2.69. The lowest BCUT2D eigenvalue weighted by atomic mass is 10.0. The Bertz CT molecular complexity index is 500. The highest BCUT2D eigenvalue weighted by Gasteiger charge is 2.28. The fraction of sp³-hybridized carbons (Fsp3) is 0.462. The average molecular weight is 331 g/mol. The van der Waals surface area contributed by atoms with Crippen LogP contribution >= 0.6 is 15.9 Å². The summed E-state index contributed by atoms with van der Waals surface area (Å²) >= 11 is 3.37. The maximum absolute atomic E-state index is 11.7. The number of ether oxygens (including phenoxy) is 3. The molecule has 0 radical (unpaired) electrons. The summed E-state index contributed by atoms with van der Waals surface area (Å²) in [7, 11) is 0. The summed E-state index contributed by atoms with van der Waals surface area (Å²) in [6.45, 7) is 4.62. The minimum Gasteiger partial charge on any atom is -0.486 e. The van der Waals surface area contributed by atoms with Crippen LogP contribution in [0, 0.1) is 6.92 Å². The maximum atomic E-state index is 11.7. The predicted octanol–water partition coefficient (Wildman–Crippen LogP) is 2.13. The second kappa shape index (κ2) is 5.79. The Balaban J connectivity index is 2.43. The lowest BCUT2D eigenvalue weighted by Crippen LogP contribution is -2.20. The number of hydrogen-bond acceptors (Lipinski definition) is 5. The van der Waals surface area contributed by atoms with Gasteiger partial charge in [-0.2, -0.15) is 0 Å². The molecule has 1 aliphatic rings. The third-order valence-electron chi connectivity index (χ3n) is 2.80. The van der Waals surface area contributed by atoms with Crippen LogP contribution in [0.3, 0.4) is 0 Å². The van der Waals surface area contributed by atoms with E-state index in [1.807, 2.05) is 0 Å². The molecule has 6 heteroatoms. The molecule has 0 aliphatic carbocycles. The third-order valence-corrected chi connectivity index (χ3v) is 3.59. The molecule has 1 aromatic rings. The Hall–Kier alpha value is -1.27. The highest BCUT2D eigenvalue weighted by atomic mass is 79.9. The Labute approximate surface area is 119 Å². The molecule has 1 atom stereocenters. The van der Waals surface area contributed by atoms with Gasteiger partial charge in [0.15, 0.2) is 17.6 Å². The molecule has 0 saturated carbocycles. The number of rotatable bonds is 3. The molecule has 1 aliphatic heterocycles. The van der Waals surface area contributed by atoms with E-state index in [9.17, 15) is 9.90 Å². The zero-order chi connectivity index (χ0) is 14.0. The molecular weight excluding hydrogens is 316 g/mol. The Morgan fingerprint density at radius 3 is 2.89 bits per heavy atom. The monoisotopic (exact) mass is 330 g/mol. The van der Waals surface area contributed by atoms with Gasteiger partial charge in [-0.25, -0.2) is 4.79 Å². The van der Waals surface area contributed by atoms with Crippen molar-refractivity contribution in [3.63, 3.8) is 0 Å². The van der Waals surface area contributed by atoms with Gasteiger partial charge in [-0.1, -0.05) is 0 Å². The zero-order valence-electron chi connectivity index (χ0n) is 10.7. The van der Waals surface area contributed by atoms with E-state index in [2.05, 4.69) is 15.9 Å². The molecule has 0 bridgehead atoms. The molecule has 0 aromatic heterocycles. The van der Waals surface area contributed by atoms with Gasteiger partial charge in [-0.3, -0.25) is 0 Å². The van der Waals surface area contributed by atoms with Crippen molar-refractivity contribution in [3.05, 3.63) is 21.7 Å². The summed E-state index contributed by atoms with van der Waals surface area (Å²) in [5.41, 5.74) is 1.18. The van der Waals surface area contributed by atoms with Gasteiger partial charge < -0.3 is 19.3 Å². The second-order valence-electron chi connectivity index (χ2n) is 4.10. The summed E-state index contributed by atoms with van der Waals surface area (Å²) in [5.74, 6) is 0.439. The molecule has 104 valence electrons. The summed E-state index contributed by atoms with van der Waals surface area (Å²) in [5, 5.41) is 10.1. The van der Waals surface area contributed by atoms with Crippen molar-refractivity contribution in [2.45, 2.75) is 20.0 Å². The number of benzene rings is 1. The van der Waals surface area contributed by atoms with Crippen molar-refractivity contribution in [2.24, 2.45) is 0 Å². The van der Waals surface area contributed by atoms with Crippen LogP contribution in [0.1, 0.15) is 24.2 Å². The molecule has 1 N–H and O–H groups in total. The first-order chi connectivity index (χ1) is 9.06. The summed E-state index contributed by atoms with van der Waals surface area (Å²) < 4.78 is 16.3. The topological polar surface area (TPSA) is 65.0 Å². The number of aliphatic hydroxyl groups is 1. The van der Waals surface area contributed by atoms with E-state index in [4.69, 9.17) is 14.2 Å². The summed E-state index contributed by atoms with van der Waals surface area (Å²) in [6.07, 6.45) is -1.34. The fourth-order valence-corrected chi connectivity index (χ4v) is 2.79. The molecule has 2 rings (SSSR count). The van der Waals surface area contributed by atoms with Gasteiger partial charge in [-0.05, 0) is 41.4 Å². The number of esters is 1. The first-order valence-corrected chi connectivity index (χ1v) is 6.78. The van der Waals surface area contributed by atoms with Gasteiger partial charge in [-0.15, -0.1) is 0 Å². The SMILES string of the molecule is CCOC(=O)C(O)c1c(C)cc2c(c1Br)OCCO2. The minimum absolute atomic E-state index is 0.219. The van der Waals surface area contributed by atoms with Crippen molar-refractivity contribution in [3.8, 4) is 11.5 Å². The predicted molar refractivity (Wildman–Crippen MR) is 71.5 cm³/mol. The summed E-state index contributed by atoms with van der Waals surface area (Å²) in [4.78, 5) is 11.7. The molecule has 1 unspecified atom stereocenters. The lowest BCUT2D eigenvalue weighted by molar-refractivity contribution is -0.153. The Kier molecular flexibility index (Phi) is 4.31. The molecule has 5 nitrogen and oxygen atoms in total. The van der Waals surface area contributed by atoms with Crippen molar-refractivity contribution in [1.29, 1.82) is 0 Å². The largest absolute Gasteiger partial charge is 0.486 e. The summed E-state index contributed by atoms with van der Waals surface area (Å²) in [6, 6.07) is 1.75. The molecule has 0 saturated heterocycles. The lowest BCUT2D eigenvalue weighted by Gasteiger charge is -2.23. The van der Waals surface area contributed by atoms with Crippen molar-refractivity contribution in [2.75, 3.05) is 19.8 Å². The number of carbonyl (C=O) groups is 1. The van der Waals surface area contributed by atoms with Crippen molar-refractivity contribution >= 4 is 21.9 Å². The number of hydrogen-bond donors (Lipinski definition) is 1. The quantitative estimate of drug-likeness (QED) is 0.860. The van der Waals surface area contributed by atoms with E-state index in [0.717, 1.165) is 5.56 Å². The van der Waals surface area contributed by atoms with Gasteiger partial charge in [0.2, 0.25) is 0 Å². The van der Waals surface area contributed by atoms with E-state index in [1.54, 1.807) is 19.9 Å². The minimum atomic E-state index is -1.34. The highest BCUT2D eigenvalue weighted by Crippen LogP contribution is 2.43. The molecule has 1 aromatic carbocycles. The van der Waals surface area contributed by atoms with Gasteiger partial charge in [0.05, 0.1) is 11.1 Å².